The Bertz CT molecular complexity index is 426. The molecule has 1 unspecified atom stereocenters. The maximum atomic E-state index is 12.0. The lowest BCUT2D eigenvalue weighted by molar-refractivity contribution is -0.908. The first-order valence-electron chi connectivity index (χ1n) is 6.85. The number of methoxy groups -OCH3 is 1. The van der Waals surface area contributed by atoms with E-state index in [1.807, 2.05) is 31.2 Å². The van der Waals surface area contributed by atoms with Crippen molar-refractivity contribution in [2.75, 3.05) is 14.2 Å². The number of rotatable bonds is 6. The van der Waals surface area contributed by atoms with Gasteiger partial charge in [0.25, 0.3) is 5.91 Å². The zero-order valence-electron chi connectivity index (χ0n) is 11.9. The molecule has 2 atom stereocenters. The molecule has 1 aliphatic carbocycles. The summed E-state index contributed by atoms with van der Waals surface area (Å²) in [6.07, 6.45) is 2.27. The van der Waals surface area contributed by atoms with Crippen LogP contribution in [0.15, 0.2) is 24.3 Å². The summed E-state index contributed by atoms with van der Waals surface area (Å²) in [7, 11) is 3.72. The fourth-order valence-corrected chi connectivity index (χ4v) is 2.00. The van der Waals surface area contributed by atoms with E-state index in [4.69, 9.17) is 4.74 Å². The van der Waals surface area contributed by atoms with Crippen molar-refractivity contribution in [2.24, 2.45) is 0 Å². The number of quaternary nitrogens is 1. The van der Waals surface area contributed by atoms with Gasteiger partial charge in [-0.05, 0) is 44.0 Å². The van der Waals surface area contributed by atoms with Gasteiger partial charge in [-0.2, -0.15) is 0 Å². The van der Waals surface area contributed by atoms with Crippen LogP contribution in [0.4, 0.5) is 0 Å². The number of benzene rings is 1. The molecule has 2 N–H and O–H groups in total. The standard InChI is InChI=1S/C15H22N2O2/c1-11(15(18)16-13-6-7-13)17(2)10-12-4-8-14(19-3)9-5-12/h4-5,8-9,11,13H,6-7,10H2,1-3H3,(H,16,18)/p+1/t11-/m0/s1. The summed E-state index contributed by atoms with van der Waals surface area (Å²) >= 11 is 0. The lowest BCUT2D eigenvalue weighted by Crippen LogP contribution is -3.12. The third kappa shape index (κ3) is 3.96. The smallest absolute Gasteiger partial charge is 0.278 e. The van der Waals surface area contributed by atoms with Crippen LogP contribution in [0, 0.1) is 0 Å². The van der Waals surface area contributed by atoms with Gasteiger partial charge in [0.2, 0.25) is 0 Å². The first-order chi connectivity index (χ1) is 9.10. The van der Waals surface area contributed by atoms with E-state index in [-0.39, 0.29) is 11.9 Å². The monoisotopic (exact) mass is 263 g/mol. The molecule has 1 amide bonds. The highest BCUT2D eigenvalue weighted by Crippen LogP contribution is 2.18. The van der Waals surface area contributed by atoms with Gasteiger partial charge in [0.1, 0.15) is 12.3 Å². The van der Waals surface area contributed by atoms with E-state index in [0.29, 0.717) is 6.04 Å². The summed E-state index contributed by atoms with van der Waals surface area (Å²) in [5.41, 5.74) is 1.21. The van der Waals surface area contributed by atoms with E-state index in [9.17, 15) is 4.79 Å². The van der Waals surface area contributed by atoms with Crippen molar-refractivity contribution < 1.29 is 14.4 Å². The molecule has 1 aliphatic rings. The molecule has 104 valence electrons. The minimum absolute atomic E-state index is 0.0253. The largest absolute Gasteiger partial charge is 0.497 e. The molecule has 4 nitrogen and oxygen atoms in total. The molecule has 0 bridgehead atoms. The van der Waals surface area contributed by atoms with E-state index < -0.39 is 0 Å². The van der Waals surface area contributed by atoms with Gasteiger partial charge >= 0.3 is 0 Å². The van der Waals surface area contributed by atoms with Gasteiger partial charge in [-0.25, -0.2) is 0 Å². The fourth-order valence-electron chi connectivity index (χ4n) is 2.00. The number of carbonyl (C=O) groups is 1. The van der Waals surface area contributed by atoms with Crippen molar-refractivity contribution in [3.8, 4) is 5.75 Å². The Morgan fingerprint density at radius 1 is 1.42 bits per heavy atom. The third-order valence-corrected chi connectivity index (χ3v) is 3.70. The zero-order valence-corrected chi connectivity index (χ0v) is 11.9. The van der Waals surface area contributed by atoms with Gasteiger partial charge in [0.15, 0.2) is 6.04 Å². The SMILES string of the molecule is COc1ccc(C[NH+](C)[C@@H](C)C(=O)NC2CC2)cc1. The maximum absolute atomic E-state index is 12.0. The van der Waals surface area contributed by atoms with Crippen LogP contribution in [0.5, 0.6) is 5.75 Å². The first-order valence-corrected chi connectivity index (χ1v) is 6.85. The molecular formula is C15H23N2O2+. The van der Waals surface area contributed by atoms with Crippen LogP contribution in [0.3, 0.4) is 0 Å². The number of carbonyl (C=O) groups excluding carboxylic acids is 1. The molecule has 0 heterocycles. The second-order valence-corrected chi connectivity index (χ2v) is 5.38. The molecule has 0 aliphatic heterocycles. The van der Waals surface area contributed by atoms with E-state index >= 15 is 0 Å². The number of likely N-dealkylation sites (N-methyl/N-ethyl adjacent to an activating group) is 1. The molecule has 1 aromatic rings. The van der Waals surface area contributed by atoms with Crippen molar-refractivity contribution in [2.45, 2.75) is 38.4 Å². The molecular weight excluding hydrogens is 240 g/mol. The van der Waals surface area contributed by atoms with Gasteiger partial charge < -0.3 is 15.0 Å². The highest BCUT2D eigenvalue weighted by molar-refractivity contribution is 5.80. The first kappa shape index (κ1) is 13.9. The average Bonchev–Trinajstić information content (AvgIpc) is 3.22. The van der Waals surface area contributed by atoms with Gasteiger partial charge in [-0.1, -0.05) is 0 Å². The van der Waals surface area contributed by atoms with E-state index in [2.05, 4.69) is 12.4 Å². The third-order valence-electron chi connectivity index (χ3n) is 3.70. The van der Waals surface area contributed by atoms with Crippen LogP contribution in [-0.2, 0) is 11.3 Å². The molecule has 1 fully saturated rings. The average molecular weight is 263 g/mol. The van der Waals surface area contributed by atoms with Crippen LogP contribution in [0.25, 0.3) is 0 Å². The summed E-state index contributed by atoms with van der Waals surface area (Å²) in [5.74, 6) is 1.02. The van der Waals surface area contributed by atoms with Gasteiger partial charge in [0, 0.05) is 11.6 Å². The Hall–Kier alpha value is -1.55. The molecule has 1 saturated carbocycles. The van der Waals surface area contributed by atoms with Crippen LogP contribution in [-0.4, -0.2) is 32.1 Å². The van der Waals surface area contributed by atoms with Gasteiger partial charge in [0.05, 0.1) is 14.2 Å². The molecule has 4 heteroatoms. The Labute approximate surface area is 114 Å². The van der Waals surface area contributed by atoms with Crippen LogP contribution < -0.4 is 15.0 Å². The number of amides is 1. The minimum atomic E-state index is -0.0253. The molecule has 1 aromatic carbocycles. The van der Waals surface area contributed by atoms with Crippen molar-refractivity contribution in [3.05, 3.63) is 29.8 Å². The van der Waals surface area contributed by atoms with E-state index in [1.54, 1.807) is 7.11 Å². The summed E-state index contributed by atoms with van der Waals surface area (Å²) < 4.78 is 5.14. The van der Waals surface area contributed by atoms with Crippen molar-refractivity contribution in [1.29, 1.82) is 0 Å². The summed E-state index contributed by atoms with van der Waals surface area (Å²) in [4.78, 5) is 13.2. The normalized spacial score (nSPS) is 17.6. The molecule has 19 heavy (non-hydrogen) atoms. The number of hydrogen-bond acceptors (Lipinski definition) is 2. The predicted molar refractivity (Wildman–Crippen MR) is 74.2 cm³/mol. The lowest BCUT2D eigenvalue weighted by atomic mass is 10.2. The molecule has 0 spiro atoms. The van der Waals surface area contributed by atoms with E-state index in [1.165, 1.54) is 10.5 Å². The molecule has 0 saturated heterocycles. The topological polar surface area (TPSA) is 42.8 Å². The number of ether oxygens (including phenoxy) is 1. The second kappa shape index (κ2) is 6.06. The van der Waals surface area contributed by atoms with Crippen molar-refractivity contribution >= 4 is 5.91 Å². The molecule has 0 radical (unpaired) electrons. The Morgan fingerprint density at radius 3 is 2.58 bits per heavy atom. The van der Waals surface area contributed by atoms with Gasteiger partial charge in [-0.3, -0.25) is 4.79 Å². The minimum Gasteiger partial charge on any atom is -0.497 e. The zero-order chi connectivity index (χ0) is 13.8. The number of nitrogens with one attached hydrogen (secondary N) is 2. The Balaban J connectivity index is 1.87. The second-order valence-electron chi connectivity index (χ2n) is 5.38. The van der Waals surface area contributed by atoms with Crippen LogP contribution in [0.1, 0.15) is 25.3 Å². The highest BCUT2D eigenvalue weighted by Gasteiger charge is 2.29. The Morgan fingerprint density at radius 2 is 2.05 bits per heavy atom. The van der Waals surface area contributed by atoms with E-state index in [0.717, 1.165) is 25.1 Å². The van der Waals surface area contributed by atoms with Crippen molar-refractivity contribution in [3.63, 3.8) is 0 Å². The fraction of sp³-hybridized carbons (Fsp3) is 0.533. The highest BCUT2D eigenvalue weighted by atomic mass is 16.5. The summed E-state index contributed by atoms with van der Waals surface area (Å²) in [6.45, 7) is 2.82. The summed E-state index contributed by atoms with van der Waals surface area (Å²) in [6, 6.07) is 8.42. The molecule has 2 rings (SSSR count). The maximum Gasteiger partial charge on any atom is 0.278 e. The van der Waals surface area contributed by atoms with Gasteiger partial charge in [-0.15, -0.1) is 0 Å². The quantitative estimate of drug-likeness (QED) is 0.779. The lowest BCUT2D eigenvalue weighted by Gasteiger charge is -2.21. The summed E-state index contributed by atoms with van der Waals surface area (Å²) in [5, 5.41) is 3.06. The molecule has 0 aromatic heterocycles. The number of hydrogen-bond donors (Lipinski definition) is 2. The van der Waals surface area contributed by atoms with Crippen molar-refractivity contribution in [1.82, 2.24) is 5.32 Å². The van der Waals surface area contributed by atoms with Crippen LogP contribution >= 0.6 is 0 Å². The van der Waals surface area contributed by atoms with Crippen LogP contribution in [0.2, 0.25) is 0 Å². The Kier molecular flexibility index (Phi) is 4.43. The predicted octanol–water partition coefficient (Wildman–Crippen LogP) is 0.377.